The topological polar surface area (TPSA) is 68.5 Å². The van der Waals surface area contributed by atoms with Crippen LogP contribution in [0.3, 0.4) is 0 Å². The quantitative estimate of drug-likeness (QED) is 0.516. The Morgan fingerprint density at radius 3 is 2.55 bits per heavy atom. The van der Waals surface area contributed by atoms with E-state index in [0.717, 1.165) is 17.0 Å². The number of carbonyl (C=O) groups is 1. The fraction of sp³-hybridized carbons (Fsp3) is 0.136. The molecule has 4 rings (SSSR count). The number of aromatic nitrogens is 3. The predicted molar refractivity (Wildman–Crippen MR) is 112 cm³/mol. The molecule has 0 unspecified atom stereocenters. The minimum atomic E-state index is -0.163. The molecule has 4 aromatic rings. The minimum absolute atomic E-state index is 0.163. The van der Waals surface area contributed by atoms with Crippen LogP contribution in [0.5, 0.6) is 5.88 Å². The van der Waals surface area contributed by atoms with Gasteiger partial charge in [0, 0.05) is 22.2 Å². The summed E-state index contributed by atoms with van der Waals surface area (Å²) in [5.41, 5.74) is 3.64. The summed E-state index contributed by atoms with van der Waals surface area (Å²) in [6.45, 7) is 2.67. The average molecular weight is 407 g/mol. The lowest BCUT2D eigenvalue weighted by molar-refractivity contribution is 0.0950. The van der Waals surface area contributed by atoms with Crippen LogP contribution in [0, 0.1) is 0 Å². The SMILES string of the molecule is CCOc1ccc2nc(-c3ccc(Cl)cc3)c(CNC(=O)c3ccccc3)n2n1. The van der Waals surface area contributed by atoms with E-state index < -0.39 is 0 Å². The van der Waals surface area contributed by atoms with Gasteiger partial charge in [-0.25, -0.2) is 9.50 Å². The monoisotopic (exact) mass is 406 g/mol. The van der Waals surface area contributed by atoms with E-state index in [9.17, 15) is 4.79 Å². The Hall–Kier alpha value is -3.38. The molecule has 2 aromatic heterocycles. The Morgan fingerprint density at radius 1 is 1.07 bits per heavy atom. The first-order valence-corrected chi connectivity index (χ1v) is 9.64. The Bertz CT molecular complexity index is 1140. The van der Waals surface area contributed by atoms with E-state index in [4.69, 9.17) is 21.3 Å². The molecule has 2 aromatic carbocycles. The van der Waals surface area contributed by atoms with Gasteiger partial charge in [0.2, 0.25) is 5.88 Å². The predicted octanol–water partition coefficient (Wildman–Crippen LogP) is 4.38. The zero-order valence-corrected chi connectivity index (χ0v) is 16.6. The number of ether oxygens (including phenoxy) is 1. The Kier molecular flexibility index (Phi) is 5.44. The molecule has 0 saturated heterocycles. The molecule has 1 N–H and O–H groups in total. The number of hydrogen-bond donors (Lipinski definition) is 1. The molecule has 0 aliphatic rings. The molecule has 0 saturated carbocycles. The van der Waals surface area contributed by atoms with Crippen molar-refractivity contribution in [3.63, 3.8) is 0 Å². The van der Waals surface area contributed by atoms with Gasteiger partial charge in [0.15, 0.2) is 5.65 Å². The van der Waals surface area contributed by atoms with Gasteiger partial charge < -0.3 is 10.1 Å². The van der Waals surface area contributed by atoms with Gasteiger partial charge in [-0.05, 0) is 37.3 Å². The molecule has 0 bridgehead atoms. The summed E-state index contributed by atoms with van der Waals surface area (Å²) in [4.78, 5) is 17.2. The summed E-state index contributed by atoms with van der Waals surface area (Å²) in [5, 5.41) is 8.14. The second-order valence-electron chi connectivity index (χ2n) is 6.34. The van der Waals surface area contributed by atoms with Crippen LogP contribution in [0.15, 0.2) is 66.7 Å². The number of benzene rings is 2. The number of nitrogens with one attached hydrogen (secondary N) is 1. The van der Waals surface area contributed by atoms with Crippen LogP contribution in [0.1, 0.15) is 23.0 Å². The highest BCUT2D eigenvalue weighted by Crippen LogP contribution is 2.26. The molecule has 0 aliphatic heterocycles. The van der Waals surface area contributed by atoms with Crippen molar-refractivity contribution in [3.05, 3.63) is 83.0 Å². The normalized spacial score (nSPS) is 10.8. The fourth-order valence-corrected chi connectivity index (χ4v) is 3.17. The maximum atomic E-state index is 12.5. The third kappa shape index (κ3) is 4.07. The standard InChI is InChI=1S/C22H19ClN4O2/c1-2-29-20-13-12-19-25-21(15-8-10-17(23)11-9-15)18(27(19)26-20)14-24-22(28)16-6-4-3-5-7-16/h3-13H,2,14H2,1H3,(H,24,28). The molecule has 146 valence electrons. The van der Waals surface area contributed by atoms with Crippen molar-refractivity contribution >= 4 is 23.2 Å². The van der Waals surface area contributed by atoms with E-state index in [2.05, 4.69) is 10.4 Å². The zero-order chi connectivity index (χ0) is 20.2. The lowest BCUT2D eigenvalue weighted by Gasteiger charge is -2.08. The van der Waals surface area contributed by atoms with Crippen LogP contribution in [-0.4, -0.2) is 27.1 Å². The maximum absolute atomic E-state index is 12.5. The summed E-state index contributed by atoms with van der Waals surface area (Å²) in [6.07, 6.45) is 0. The molecule has 1 amide bonds. The zero-order valence-electron chi connectivity index (χ0n) is 15.8. The second-order valence-corrected chi connectivity index (χ2v) is 6.77. The highest BCUT2D eigenvalue weighted by Gasteiger charge is 2.17. The van der Waals surface area contributed by atoms with Gasteiger partial charge in [0.1, 0.15) is 0 Å². The number of amides is 1. The third-order valence-electron chi connectivity index (χ3n) is 4.41. The van der Waals surface area contributed by atoms with Crippen LogP contribution in [-0.2, 0) is 6.54 Å². The van der Waals surface area contributed by atoms with E-state index in [-0.39, 0.29) is 12.5 Å². The van der Waals surface area contributed by atoms with Gasteiger partial charge in [-0.1, -0.05) is 41.9 Å². The van der Waals surface area contributed by atoms with Crippen LogP contribution in [0.2, 0.25) is 5.02 Å². The summed E-state index contributed by atoms with van der Waals surface area (Å²) in [7, 11) is 0. The Labute approximate surface area is 173 Å². The Balaban J connectivity index is 1.73. The summed E-state index contributed by atoms with van der Waals surface area (Å²) in [6, 6.07) is 20.1. The van der Waals surface area contributed by atoms with Crippen molar-refractivity contribution in [2.24, 2.45) is 0 Å². The van der Waals surface area contributed by atoms with Crippen LogP contribution in [0.25, 0.3) is 16.9 Å². The molecule has 0 radical (unpaired) electrons. The molecule has 0 spiro atoms. The molecule has 29 heavy (non-hydrogen) atoms. The van der Waals surface area contributed by atoms with E-state index in [1.54, 1.807) is 22.7 Å². The molecular formula is C22H19ClN4O2. The van der Waals surface area contributed by atoms with Gasteiger partial charge in [-0.15, -0.1) is 5.10 Å². The van der Waals surface area contributed by atoms with Crippen molar-refractivity contribution in [1.82, 2.24) is 19.9 Å². The van der Waals surface area contributed by atoms with E-state index in [1.807, 2.05) is 55.5 Å². The van der Waals surface area contributed by atoms with Crippen molar-refractivity contribution in [2.45, 2.75) is 13.5 Å². The number of imidazole rings is 1. The number of halogens is 1. The lowest BCUT2D eigenvalue weighted by Crippen LogP contribution is -2.24. The first-order valence-electron chi connectivity index (χ1n) is 9.26. The Morgan fingerprint density at radius 2 is 1.83 bits per heavy atom. The van der Waals surface area contributed by atoms with Gasteiger partial charge in [0.05, 0.1) is 24.5 Å². The molecule has 0 fully saturated rings. The van der Waals surface area contributed by atoms with Crippen molar-refractivity contribution in [3.8, 4) is 17.1 Å². The van der Waals surface area contributed by atoms with Crippen LogP contribution in [0.4, 0.5) is 0 Å². The van der Waals surface area contributed by atoms with Gasteiger partial charge in [-0.3, -0.25) is 4.79 Å². The first kappa shape index (κ1) is 19.0. The number of fused-ring (bicyclic) bond motifs is 1. The number of rotatable bonds is 6. The number of hydrogen-bond acceptors (Lipinski definition) is 4. The summed E-state index contributed by atoms with van der Waals surface area (Å²) >= 11 is 6.03. The highest BCUT2D eigenvalue weighted by atomic mass is 35.5. The fourth-order valence-electron chi connectivity index (χ4n) is 3.04. The molecular weight excluding hydrogens is 388 g/mol. The minimum Gasteiger partial charge on any atom is -0.477 e. The van der Waals surface area contributed by atoms with E-state index in [0.29, 0.717) is 28.7 Å². The van der Waals surface area contributed by atoms with E-state index >= 15 is 0 Å². The van der Waals surface area contributed by atoms with Crippen molar-refractivity contribution in [2.75, 3.05) is 6.61 Å². The largest absolute Gasteiger partial charge is 0.477 e. The number of nitrogens with zero attached hydrogens (tertiary/aromatic N) is 3. The number of carbonyl (C=O) groups excluding carboxylic acids is 1. The lowest BCUT2D eigenvalue weighted by atomic mass is 10.1. The van der Waals surface area contributed by atoms with Crippen molar-refractivity contribution in [1.29, 1.82) is 0 Å². The first-order chi connectivity index (χ1) is 14.2. The van der Waals surface area contributed by atoms with Crippen LogP contribution >= 0.6 is 11.6 Å². The highest BCUT2D eigenvalue weighted by molar-refractivity contribution is 6.30. The van der Waals surface area contributed by atoms with Gasteiger partial charge in [-0.2, -0.15) is 0 Å². The molecule has 6 nitrogen and oxygen atoms in total. The molecule has 0 aliphatic carbocycles. The average Bonchev–Trinajstić information content (AvgIpc) is 3.11. The van der Waals surface area contributed by atoms with E-state index in [1.165, 1.54) is 0 Å². The van der Waals surface area contributed by atoms with Gasteiger partial charge >= 0.3 is 0 Å². The molecule has 7 heteroatoms. The second kappa shape index (κ2) is 8.32. The van der Waals surface area contributed by atoms with Crippen LogP contribution < -0.4 is 10.1 Å². The third-order valence-corrected chi connectivity index (χ3v) is 4.66. The summed E-state index contributed by atoms with van der Waals surface area (Å²) < 4.78 is 7.24. The van der Waals surface area contributed by atoms with Crippen molar-refractivity contribution < 1.29 is 9.53 Å². The maximum Gasteiger partial charge on any atom is 0.251 e. The smallest absolute Gasteiger partial charge is 0.251 e. The molecule has 0 atom stereocenters. The molecule has 2 heterocycles. The summed E-state index contributed by atoms with van der Waals surface area (Å²) in [5.74, 6) is 0.333. The van der Waals surface area contributed by atoms with Gasteiger partial charge in [0.25, 0.3) is 5.91 Å².